The molecule has 1 N–H and O–H groups in total. The number of carbonyl (C=O) groups excluding carboxylic acids is 2. The van der Waals surface area contributed by atoms with Crippen molar-refractivity contribution in [1.29, 1.82) is 0 Å². The van der Waals surface area contributed by atoms with Crippen molar-refractivity contribution in [2.45, 2.75) is 25.8 Å². The summed E-state index contributed by atoms with van der Waals surface area (Å²) >= 11 is 0. The Morgan fingerprint density at radius 1 is 0.935 bits per heavy atom. The van der Waals surface area contributed by atoms with Gasteiger partial charge in [-0.1, -0.05) is 61.5 Å². The van der Waals surface area contributed by atoms with Gasteiger partial charge in [0.2, 0.25) is 0 Å². The zero-order valence-electron chi connectivity index (χ0n) is 17.4. The van der Waals surface area contributed by atoms with Gasteiger partial charge in [-0.25, -0.2) is 0 Å². The molecule has 0 spiro atoms. The first-order valence-electron chi connectivity index (χ1n) is 10.4. The number of aromatic nitrogens is 1. The number of aryl methyl sites for hydroxylation is 1. The van der Waals surface area contributed by atoms with Crippen LogP contribution in [0.15, 0.2) is 84.7 Å². The average Bonchev–Trinajstić information content (AvgIpc) is 3.08. The van der Waals surface area contributed by atoms with Crippen LogP contribution in [0.4, 0.5) is 0 Å². The van der Waals surface area contributed by atoms with Gasteiger partial charge < -0.3 is 10.0 Å². The third kappa shape index (κ3) is 4.12. The van der Waals surface area contributed by atoms with E-state index in [1.54, 1.807) is 29.4 Å². The van der Waals surface area contributed by atoms with Crippen molar-refractivity contribution in [3.8, 4) is 0 Å². The number of aliphatic hydroxyl groups excluding tert-OH is 1. The number of likely N-dealkylation sites (tertiary alicyclic amines) is 1. The molecular formula is C26H24N2O3. The number of hydrogen-bond donors (Lipinski definition) is 1. The molecular weight excluding hydrogens is 388 g/mol. The van der Waals surface area contributed by atoms with Crippen molar-refractivity contribution in [1.82, 2.24) is 9.88 Å². The zero-order chi connectivity index (χ0) is 21.8. The lowest BCUT2D eigenvalue weighted by molar-refractivity contribution is -0.139. The Morgan fingerprint density at radius 2 is 1.61 bits per heavy atom. The molecule has 31 heavy (non-hydrogen) atoms. The van der Waals surface area contributed by atoms with Crippen LogP contribution in [0.25, 0.3) is 5.76 Å². The van der Waals surface area contributed by atoms with E-state index in [-0.39, 0.29) is 11.3 Å². The maximum atomic E-state index is 13.0. The van der Waals surface area contributed by atoms with Gasteiger partial charge in [0.05, 0.1) is 11.6 Å². The summed E-state index contributed by atoms with van der Waals surface area (Å²) in [6.45, 7) is 2.45. The van der Waals surface area contributed by atoms with Crippen LogP contribution >= 0.6 is 0 Å². The van der Waals surface area contributed by atoms with E-state index in [1.165, 1.54) is 5.56 Å². The maximum Gasteiger partial charge on any atom is 0.295 e. The predicted octanol–water partition coefficient (Wildman–Crippen LogP) is 4.31. The molecule has 1 saturated heterocycles. The highest BCUT2D eigenvalue weighted by molar-refractivity contribution is 6.46. The normalized spacial score (nSPS) is 17.8. The predicted molar refractivity (Wildman–Crippen MR) is 119 cm³/mol. The molecule has 0 radical (unpaired) electrons. The van der Waals surface area contributed by atoms with Crippen molar-refractivity contribution >= 4 is 17.4 Å². The van der Waals surface area contributed by atoms with E-state index in [0.717, 1.165) is 17.5 Å². The summed E-state index contributed by atoms with van der Waals surface area (Å²) in [5, 5.41) is 11.0. The van der Waals surface area contributed by atoms with Gasteiger partial charge in [-0.2, -0.15) is 0 Å². The molecule has 1 aromatic heterocycles. The quantitative estimate of drug-likeness (QED) is 0.372. The van der Waals surface area contributed by atoms with Crippen LogP contribution in [-0.2, 0) is 22.4 Å². The monoisotopic (exact) mass is 412 g/mol. The molecule has 2 aromatic carbocycles. The Labute approximate surface area is 181 Å². The third-order valence-corrected chi connectivity index (χ3v) is 5.68. The molecule has 156 valence electrons. The van der Waals surface area contributed by atoms with E-state index in [1.807, 2.05) is 54.6 Å². The lowest BCUT2D eigenvalue weighted by Crippen LogP contribution is -2.31. The van der Waals surface area contributed by atoms with E-state index < -0.39 is 17.7 Å². The Hall–Kier alpha value is -3.73. The summed E-state index contributed by atoms with van der Waals surface area (Å²) in [7, 11) is 0. The van der Waals surface area contributed by atoms with E-state index in [9.17, 15) is 14.7 Å². The Bertz CT molecular complexity index is 1110. The standard InChI is InChI=1S/C26H24N2O3/c1-2-18-8-10-20(11-9-18)23-22(24(29)21-12-15-27-16-13-21)25(30)26(31)28(23)17-14-19-6-4-3-5-7-19/h3-13,15-16,23,29H,2,14,17H2,1H3/b24-22+. The third-order valence-electron chi connectivity index (χ3n) is 5.68. The number of nitrogens with zero attached hydrogens (tertiary/aromatic N) is 2. The number of pyridine rings is 1. The first kappa shape index (κ1) is 20.5. The molecule has 1 amide bonds. The number of amides is 1. The SMILES string of the molecule is CCc1ccc(C2/C(=C(\O)c3ccncc3)C(=O)C(=O)N2CCc2ccccc2)cc1. The highest BCUT2D eigenvalue weighted by Gasteiger charge is 2.45. The fraction of sp³-hybridized carbons (Fsp3) is 0.192. The Kier molecular flexibility index (Phi) is 5.94. The molecule has 2 heterocycles. The molecule has 1 atom stereocenters. The molecule has 5 nitrogen and oxygen atoms in total. The highest BCUT2D eigenvalue weighted by Crippen LogP contribution is 2.39. The molecule has 0 saturated carbocycles. The largest absolute Gasteiger partial charge is 0.507 e. The van der Waals surface area contributed by atoms with Gasteiger partial charge >= 0.3 is 0 Å². The number of aliphatic hydroxyl groups is 1. The minimum absolute atomic E-state index is 0.119. The summed E-state index contributed by atoms with van der Waals surface area (Å²) in [5.74, 6) is -1.42. The van der Waals surface area contributed by atoms with Crippen molar-refractivity contribution in [2.75, 3.05) is 6.54 Å². The summed E-state index contributed by atoms with van der Waals surface area (Å²) in [6.07, 6.45) is 4.61. The number of rotatable bonds is 6. The van der Waals surface area contributed by atoms with Crippen molar-refractivity contribution in [2.24, 2.45) is 0 Å². The Morgan fingerprint density at radius 3 is 2.26 bits per heavy atom. The second-order valence-corrected chi connectivity index (χ2v) is 7.56. The topological polar surface area (TPSA) is 70.5 Å². The number of ketones is 1. The van der Waals surface area contributed by atoms with E-state index in [0.29, 0.717) is 18.5 Å². The van der Waals surface area contributed by atoms with Gasteiger partial charge in [0, 0.05) is 24.5 Å². The molecule has 0 bridgehead atoms. The molecule has 0 aliphatic carbocycles. The molecule has 1 unspecified atom stereocenters. The second-order valence-electron chi connectivity index (χ2n) is 7.56. The second kappa shape index (κ2) is 8.96. The summed E-state index contributed by atoms with van der Waals surface area (Å²) in [5.41, 5.74) is 3.64. The zero-order valence-corrected chi connectivity index (χ0v) is 17.4. The number of Topliss-reactive ketones (excluding diaryl/α,β-unsaturated/α-hetero) is 1. The minimum Gasteiger partial charge on any atom is -0.507 e. The van der Waals surface area contributed by atoms with Gasteiger partial charge in [0.15, 0.2) is 0 Å². The Balaban J connectivity index is 1.77. The maximum absolute atomic E-state index is 13.0. The fourth-order valence-corrected chi connectivity index (χ4v) is 3.95. The summed E-state index contributed by atoms with van der Waals surface area (Å²) in [4.78, 5) is 31.6. The van der Waals surface area contributed by atoms with Crippen LogP contribution in [0, 0.1) is 0 Å². The molecule has 4 rings (SSSR count). The van der Waals surface area contributed by atoms with Crippen LogP contribution in [0.3, 0.4) is 0 Å². The smallest absolute Gasteiger partial charge is 0.295 e. The van der Waals surface area contributed by atoms with Gasteiger partial charge in [-0.15, -0.1) is 0 Å². The minimum atomic E-state index is -0.660. The molecule has 1 fully saturated rings. The molecule has 1 aliphatic heterocycles. The van der Waals surface area contributed by atoms with Gasteiger partial charge in [0.25, 0.3) is 11.7 Å². The fourth-order valence-electron chi connectivity index (χ4n) is 3.95. The van der Waals surface area contributed by atoms with E-state index in [4.69, 9.17) is 0 Å². The summed E-state index contributed by atoms with van der Waals surface area (Å²) in [6, 6.07) is 20.3. The molecule has 3 aromatic rings. The van der Waals surface area contributed by atoms with Crippen LogP contribution < -0.4 is 0 Å². The van der Waals surface area contributed by atoms with Gasteiger partial charge in [-0.3, -0.25) is 14.6 Å². The first-order chi connectivity index (χ1) is 15.1. The van der Waals surface area contributed by atoms with Crippen LogP contribution in [0.2, 0.25) is 0 Å². The average molecular weight is 412 g/mol. The highest BCUT2D eigenvalue weighted by atomic mass is 16.3. The summed E-state index contributed by atoms with van der Waals surface area (Å²) < 4.78 is 0. The van der Waals surface area contributed by atoms with Crippen LogP contribution in [0.5, 0.6) is 0 Å². The number of benzene rings is 2. The van der Waals surface area contributed by atoms with Gasteiger partial charge in [0.1, 0.15) is 5.76 Å². The van der Waals surface area contributed by atoms with E-state index >= 15 is 0 Å². The van der Waals surface area contributed by atoms with Gasteiger partial charge in [-0.05, 0) is 41.7 Å². The lowest BCUT2D eigenvalue weighted by atomic mass is 9.94. The molecule has 5 heteroatoms. The van der Waals surface area contributed by atoms with Crippen molar-refractivity contribution in [3.05, 3.63) is 107 Å². The van der Waals surface area contributed by atoms with Crippen LogP contribution in [-0.4, -0.2) is 33.2 Å². The van der Waals surface area contributed by atoms with E-state index in [2.05, 4.69) is 11.9 Å². The van der Waals surface area contributed by atoms with Crippen molar-refractivity contribution < 1.29 is 14.7 Å². The number of carbonyl (C=O) groups is 2. The van der Waals surface area contributed by atoms with Crippen LogP contribution in [0.1, 0.15) is 35.2 Å². The molecule has 1 aliphatic rings. The van der Waals surface area contributed by atoms with Crippen molar-refractivity contribution in [3.63, 3.8) is 0 Å². The number of hydrogen-bond acceptors (Lipinski definition) is 4. The first-order valence-corrected chi connectivity index (χ1v) is 10.4. The lowest BCUT2D eigenvalue weighted by Gasteiger charge is -2.25.